The van der Waals surface area contributed by atoms with Gasteiger partial charge in [-0.15, -0.1) is 0 Å². The number of aromatic nitrogens is 2. The van der Waals surface area contributed by atoms with Gasteiger partial charge in [0, 0.05) is 6.20 Å². The van der Waals surface area contributed by atoms with Crippen LogP contribution in [-0.2, 0) is 4.79 Å². The molecule has 3 aromatic rings. The summed E-state index contributed by atoms with van der Waals surface area (Å²) in [5, 5.41) is 9.21. The predicted octanol–water partition coefficient (Wildman–Crippen LogP) is 4.62. The quantitative estimate of drug-likeness (QED) is 0.620. The molecule has 2 amide bonds. The van der Waals surface area contributed by atoms with Gasteiger partial charge in [-0.2, -0.15) is 5.10 Å². The predicted molar refractivity (Wildman–Crippen MR) is 110 cm³/mol. The Labute approximate surface area is 172 Å². The normalized spacial score (nSPS) is 11.8. The molecule has 8 heteroatoms. The molecule has 0 radical (unpaired) electrons. The zero-order valence-electron chi connectivity index (χ0n) is 16.9. The van der Waals surface area contributed by atoms with Gasteiger partial charge in [0.25, 0.3) is 5.91 Å². The fourth-order valence-corrected chi connectivity index (χ4v) is 3.00. The molecule has 0 fully saturated rings. The number of aryl methyl sites for hydroxylation is 2. The number of carbonyl (C=O) groups is 2. The molecule has 3 rings (SSSR count). The van der Waals surface area contributed by atoms with Gasteiger partial charge in [-0.3, -0.25) is 14.3 Å². The summed E-state index contributed by atoms with van der Waals surface area (Å²) in [4.78, 5) is 25.1. The summed E-state index contributed by atoms with van der Waals surface area (Å²) in [7, 11) is 0. The average molecular weight is 412 g/mol. The number of hydrogen-bond donors (Lipinski definition) is 2. The number of nitrogens with one attached hydrogen (secondary N) is 2. The highest BCUT2D eigenvalue weighted by Crippen LogP contribution is 2.20. The molecule has 2 N–H and O–H groups in total. The molecule has 0 saturated heterocycles. The summed E-state index contributed by atoms with van der Waals surface area (Å²) in [5.74, 6) is -2.15. The van der Waals surface area contributed by atoms with Crippen molar-refractivity contribution in [2.75, 3.05) is 10.6 Å². The minimum absolute atomic E-state index is 0.0314. The summed E-state index contributed by atoms with van der Waals surface area (Å²) in [5.41, 5.74) is 1.76. The fraction of sp³-hybridized carbons (Fsp3) is 0.227. The van der Waals surface area contributed by atoms with Crippen molar-refractivity contribution in [3.05, 3.63) is 77.1 Å². The van der Waals surface area contributed by atoms with E-state index in [4.69, 9.17) is 0 Å². The van der Waals surface area contributed by atoms with Crippen LogP contribution in [0.15, 0.2) is 48.7 Å². The highest BCUT2D eigenvalue weighted by Gasteiger charge is 2.22. The number of benzene rings is 2. The molecule has 1 atom stereocenters. The minimum atomic E-state index is -0.748. The highest BCUT2D eigenvalue weighted by molar-refractivity contribution is 6.03. The van der Waals surface area contributed by atoms with Crippen molar-refractivity contribution < 1.29 is 18.4 Å². The van der Waals surface area contributed by atoms with Gasteiger partial charge in [-0.25, -0.2) is 8.78 Å². The van der Waals surface area contributed by atoms with Crippen molar-refractivity contribution in [2.45, 2.75) is 33.2 Å². The van der Waals surface area contributed by atoms with Crippen molar-refractivity contribution in [3.63, 3.8) is 0 Å². The first kappa shape index (κ1) is 21.2. The first-order valence-corrected chi connectivity index (χ1v) is 9.48. The van der Waals surface area contributed by atoms with E-state index in [2.05, 4.69) is 15.7 Å². The van der Waals surface area contributed by atoms with Crippen LogP contribution in [0.5, 0.6) is 0 Å². The van der Waals surface area contributed by atoms with Gasteiger partial charge in [0.2, 0.25) is 5.91 Å². The number of hydrogen-bond acceptors (Lipinski definition) is 3. The largest absolute Gasteiger partial charge is 0.322 e. The zero-order chi connectivity index (χ0) is 21.8. The van der Waals surface area contributed by atoms with Gasteiger partial charge in [-0.05, 0) is 61.7 Å². The van der Waals surface area contributed by atoms with Crippen molar-refractivity contribution >= 4 is 23.2 Å². The standard InChI is InChI=1S/C22H22F2N4O2/c1-4-20(22(30)26-19-12-14(3)6-8-16(19)24)28-10-9-17(27-28)21(29)25-18-11-13(2)5-7-15(18)23/h5-12,20H,4H2,1-3H3,(H,25,29)(H,26,30). The van der Waals surface area contributed by atoms with E-state index in [0.29, 0.717) is 6.42 Å². The Balaban J connectivity index is 1.75. The summed E-state index contributed by atoms with van der Waals surface area (Å²) < 4.78 is 29.2. The van der Waals surface area contributed by atoms with E-state index in [1.165, 1.54) is 41.2 Å². The molecule has 6 nitrogen and oxygen atoms in total. The van der Waals surface area contributed by atoms with E-state index in [0.717, 1.165) is 11.1 Å². The van der Waals surface area contributed by atoms with E-state index in [1.54, 1.807) is 32.9 Å². The number of rotatable bonds is 6. The van der Waals surface area contributed by atoms with Crippen LogP contribution >= 0.6 is 0 Å². The zero-order valence-corrected chi connectivity index (χ0v) is 16.9. The van der Waals surface area contributed by atoms with Gasteiger partial charge in [0.15, 0.2) is 5.69 Å². The minimum Gasteiger partial charge on any atom is -0.322 e. The van der Waals surface area contributed by atoms with Crippen LogP contribution in [0.1, 0.15) is 41.0 Å². The topological polar surface area (TPSA) is 76.0 Å². The Morgan fingerprint density at radius 3 is 2.10 bits per heavy atom. The van der Waals surface area contributed by atoms with Crippen LogP contribution in [0.2, 0.25) is 0 Å². The maximum atomic E-state index is 14.0. The second kappa shape index (κ2) is 8.86. The average Bonchev–Trinajstić information content (AvgIpc) is 3.18. The number of nitrogens with zero attached hydrogens (tertiary/aromatic N) is 2. The summed E-state index contributed by atoms with van der Waals surface area (Å²) in [6.07, 6.45) is 1.86. The third kappa shape index (κ3) is 4.71. The van der Waals surface area contributed by atoms with Crippen molar-refractivity contribution in [2.24, 2.45) is 0 Å². The van der Waals surface area contributed by atoms with Gasteiger partial charge in [0.05, 0.1) is 11.4 Å². The van der Waals surface area contributed by atoms with Crippen LogP contribution in [0.25, 0.3) is 0 Å². The molecular formula is C22H22F2N4O2. The summed E-state index contributed by atoms with van der Waals surface area (Å²) >= 11 is 0. The fourth-order valence-electron chi connectivity index (χ4n) is 3.00. The second-order valence-corrected chi connectivity index (χ2v) is 7.02. The Morgan fingerprint density at radius 2 is 1.53 bits per heavy atom. The van der Waals surface area contributed by atoms with Gasteiger partial charge in [-0.1, -0.05) is 19.1 Å². The molecule has 1 unspecified atom stereocenters. The smallest absolute Gasteiger partial charge is 0.276 e. The molecule has 0 spiro atoms. The maximum Gasteiger partial charge on any atom is 0.276 e. The lowest BCUT2D eigenvalue weighted by Gasteiger charge is -2.16. The van der Waals surface area contributed by atoms with E-state index < -0.39 is 29.5 Å². The second-order valence-electron chi connectivity index (χ2n) is 7.02. The first-order chi connectivity index (χ1) is 14.3. The third-order valence-corrected chi connectivity index (χ3v) is 4.60. The third-order valence-electron chi connectivity index (χ3n) is 4.60. The number of carbonyl (C=O) groups excluding carboxylic acids is 2. The van der Waals surface area contributed by atoms with Crippen LogP contribution in [0.4, 0.5) is 20.2 Å². The summed E-state index contributed by atoms with van der Waals surface area (Å²) in [6, 6.07) is 9.51. The lowest BCUT2D eigenvalue weighted by atomic mass is 10.2. The molecular weight excluding hydrogens is 390 g/mol. The Hall–Kier alpha value is -3.55. The molecule has 2 aromatic carbocycles. The van der Waals surface area contributed by atoms with Crippen LogP contribution in [0, 0.1) is 25.5 Å². The van der Waals surface area contributed by atoms with Crippen LogP contribution in [-0.4, -0.2) is 21.6 Å². The van der Waals surface area contributed by atoms with Crippen LogP contribution in [0.3, 0.4) is 0 Å². The molecule has 0 bridgehead atoms. The Kier molecular flexibility index (Phi) is 6.25. The number of amides is 2. The van der Waals surface area contributed by atoms with Crippen molar-refractivity contribution in [1.82, 2.24) is 9.78 Å². The SMILES string of the molecule is CCC(C(=O)Nc1cc(C)ccc1F)n1ccc(C(=O)Nc2cc(C)ccc2F)n1. The molecule has 1 heterocycles. The molecule has 0 aliphatic rings. The molecule has 156 valence electrons. The van der Waals surface area contributed by atoms with E-state index in [1.807, 2.05) is 0 Å². The maximum absolute atomic E-state index is 14.0. The molecule has 30 heavy (non-hydrogen) atoms. The van der Waals surface area contributed by atoms with Gasteiger partial charge < -0.3 is 10.6 Å². The molecule has 0 aliphatic carbocycles. The highest BCUT2D eigenvalue weighted by atomic mass is 19.1. The Bertz CT molecular complexity index is 1090. The first-order valence-electron chi connectivity index (χ1n) is 9.48. The monoisotopic (exact) mass is 412 g/mol. The van der Waals surface area contributed by atoms with E-state index in [-0.39, 0.29) is 17.1 Å². The molecule has 0 saturated carbocycles. The molecule has 0 aliphatic heterocycles. The molecule has 1 aromatic heterocycles. The summed E-state index contributed by atoms with van der Waals surface area (Å²) in [6.45, 7) is 5.35. The Morgan fingerprint density at radius 1 is 0.967 bits per heavy atom. The number of anilines is 2. The van der Waals surface area contributed by atoms with Gasteiger partial charge in [0.1, 0.15) is 17.7 Å². The lowest BCUT2D eigenvalue weighted by Crippen LogP contribution is -2.27. The van der Waals surface area contributed by atoms with Crippen LogP contribution < -0.4 is 10.6 Å². The van der Waals surface area contributed by atoms with Crippen molar-refractivity contribution in [1.29, 1.82) is 0 Å². The van der Waals surface area contributed by atoms with Gasteiger partial charge >= 0.3 is 0 Å². The number of halogens is 2. The lowest BCUT2D eigenvalue weighted by molar-refractivity contribution is -0.119. The van der Waals surface area contributed by atoms with Crippen molar-refractivity contribution in [3.8, 4) is 0 Å². The van der Waals surface area contributed by atoms with E-state index >= 15 is 0 Å². The van der Waals surface area contributed by atoms with E-state index in [9.17, 15) is 18.4 Å².